The molecule has 0 radical (unpaired) electrons. The lowest BCUT2D eigenvalue weighted by atomic mass is 10.0. The molecule has 0 aromatic heterocycles. The molecule has 3 atom stereocenters. The van der Waals surface area contributed by atoms with Gasteiger partial charge in [0, 0.05) is 17.9 Å². The Morgan fingerprint density at radius 2 is 2.33 bits per heavy atom. The molecule has 15 heavy (non-hydrogen) atoms. The summed E-state index contributed by atoms with van der Waals surface area (Å²) in [6.45, 7) is 4.44. The minimum absolute atomic E-state index is 0.109. The van der Waals surface area contributed by atoms with Crippen LogP contribution in [-0.2, 0) is 9.53 Å². The van der Waals surface area contributed by atoms with Gasteiger partial charge in [0.05, 0.1) is 18.6 Å². The summed E-state index contributed by atoms with van der Waals surface area (Å²) in [5.41, 5.74) is 0. The van der Waals surface area contributed by atoms with Crippen LogP contribution in [0.15, 0.2) is 0 Å². The van der Waals surface area contributed by atoms with Gasteiger partial charge in [-0.15, -0.1) is 0 Å². The molecular formula is C11H18BrNO2. The van der Waals surface area contributed by atoms with Gasteiger partial charge in [-0.25, -0.2) is 0 Å². The van der Waals surface area contributed by atoms with Gasteiger partial charge in [-0.2, -0.15) is 0 Å². The molecule has 1 amide bonds. The number of ether oxygens (including phenoxy) is 1. The standard InChI is InChI=1S/C11H18BrNO2/c1-8-5-9(7-15-8)11(14)13-4-2-3-10(12)6-13/h8-10H,2-7H2,1H3. The van der Waals surface area contributed by atoms with Gasteiger partial charge in [0.1, 0.15) is 0 Å². The molecule has 3 nitrogen and oxygen atoms in total. The number of alkyl halides is 1. The van der Waals surface area contributed by atoms with Crippen LogP contribution in [0.5, 0.6) is 0 Å². The Morgan fingerprint density at radius 1 is 1.53 bits per heavy atom. The summed E-state index contributed by atoms with van der Waals surface area (Å²) in [6, 6.07) is 0. The normalized spacial score (nSPS) is 36.9. The molecule has 3 unspecified atom stereocenters. The average Bonchev–Trinajstić information content (AvgIpc) is 2.64. The molecule has 2 aliphatic rings. The van der Waals surface area contributed by atoms with E-state index in [9.17, 15) is 4.79 Å². The Labute approximate surface area is 99.3 Å². The summed E-state index contributed by atoms with van der Waals surface area (Å²) in [7, 11) is 0. The second kappa shape index (κ2) is 4.83. The molecule has 4 heteroatoms. The molecule has 0 N–H and O–H groups in total. The zero-order chi connectivity index (χ0) is 10.8. The predicted molar refractivity (Wildman–Crippen MR) is 62.1 cm³/mol. The lowest BCUT2D eigenvalue weighted by Gasteiger charge is -2.31. The Kier molecular flexibility index (Phi) is 3.67. The van der Waals surface area contributed by atoms with E-state index >= 15 is 0 Å². The number of carbonyl (C=O) groups excluding carboxylic acids is 1. The van der Waals surface area contributed by atoms with E-state index in [0.717, 1.165) is 25.9 Å². The van der Waals surface area contributed by atoms with Gasteiger partial charge in [-0.3, -0.25) is 4.79 Å². The van der Waals surface area contributed by atoms with Crippen LogP contribution in [-0.4, -0.2) is 41.4 Å². The highest BCUT2D eigenvalue weighted by molar-refractivity contribution is 9.09. The molecule has 0 bridgehead atoms. The van der Waals surface area contributed by atoms with Gasteiger partial charge in [0.2, 0.25) is 5.91 Å². The Morgan fingerprint density at radius 3 is 2.93 bits per heavy atom. The van der Waals surface area contributed by atoms with Crippen LogP contribution in [0.2, 0.25) is 0 Å². The lowest BCUT2D eigenvalue weighted by molar-refractivity contribution is -0.136. The van der Waals surface area contributed by atoms with E-state index in [1.54, 1.807) is 0 Å². The molecule has 2 saturated heterocycles. The lowest BCUT2D eigenvalue weighted by Crippen LogP contribution is -2.43. The highest BCUT2D eigenvalue weighted by Gasteiger charge is 2.33. The van der Waals surface area contributed by atoms with Crippen molar-refractivity contribution >= 4 is 21.8 Å². The topological polar surface area (TPSA) is 29.5 Å². The van der Waals surface area contributed by atoms with Crippen molar-refractivity contribution in [2.24, 2.45) is 5.92 Å². The molecule has 0 spiro atoms. The zero-order valence-electron chi connectivity index (χ0n) is 9.12. The molecule has 2 heterocycles. The first-order chi connectivity index (χ1) is 7.16. The fourth-order valence-electron chi connectivity index (χ4n) is 2.37. The van der Waals surface area contributed by atoms with E-state index in [1.807, 2.05) is 11.8 Å². The summed E-state index contributed by atoms with van der Waals surface area (Å²) in [6.07, 6.45) is 3.44. The number of rotatable bonds is 1. The third kappa shape index (κ3) is 2.72. The van der Waals surface area contributed by atoms with E-state index in [-0.39, 0.29) is 12.0 Å². The summed E-state index contributed by atoms with van der Waals surface area (Å²) in [5, 5.41) is 0. The van der Waals surface area contributed by atoms with E-state index < -0.39 is 0 Å². The predicted octanol–water partition coefficient (Wildman–Crippen LogP) is 1.80. The first-order valence-electron chi connectivity index (χ1n) is 5.71. The summed E-state index contributed by atoms with van der Waals surface area (Å²) in [5.74, 6) is 0.404. The van der Waals surface area contributed by atoms with Crippen LogP contribution in [0.4, 0.5) is 0 Å². The van der Waals surface area contributed by atoms with Gasteiger partial charge in [-0.1, -0.05) is 15.9 Å². The van der Waals surface area contributed by atoms with Crippen molar-refractivity contribution in [1.82, 2.24) is 4.90 Å². The number of amides is 1. The van der Waals surface area contributed by atoms with Crippen molar-refractivity contribution in [1.29, 1.82) is 0 Å². The maximum Gasteiger partial charge on any atom is 0.228 e. The third-order valence-electron chi connectivity index (χ3n) is 3.22. The molecule has 0 aromatic rings. The average molecular weight is 276 g/mol. The van der Waals surface area contributed by atoms with E-state index in [1.165, 1.54) is 6.42 Å². The molecular weight excluding hydrogens is 258 g/mol. The minimum Gasteiger partial charge on any atom is -0.378 e. The van der Waals surface area contributed by atoms with Crippen molar-refractivity contribution < 1.29 is 9.53 Å². The van der Waals surface area contributed by atoms with Gasteiger partial charge in [0.15, 0.2) is 0 Å². The van der Waals surface area contributed by atoms with E-state index in [2.05, 4.69) is 15.9 Å². The number of piperidine rings is 1. The molecule has 86 valence electrons. The van der Waals surface area contributed by atoms with Crippen LogP contribution < -0.4 is 0 Å². The summed E-state index contributed by atoms with van der Waals surface area (Å²) >= 11 is 3.59. The quantitative estimate of drug-likeness (QED) is 0.683. The molecule has 0 saturated carbocycles. The molecule has 2 aliphatic heterocycles. The van der Waals surface area contributed by atoms with E-state index in [0.29, 0.717) is 17.3 Å². The van der Waals surface area contributed by atoms with Crippen LogP contribution in [0.1, 0.15) is 26.2 Å². The summed E-state index contributed by atoms with van der Waals surface area (Å²) < 4.78 is 5.44. The molecule has 2 rings (SSSR count). The Balaban J connectivity index is 1.89. The summed E-state index contributed by atoms with van der Waals surface area (Å²) in [4.78, 5) is 14.6. The highest BCUT2D eigenvalue weighted by atomic mass is 79.9. The van der Waals surface area contributed by atoms with Crippen molar-refractivity contribution in [2.75, 3.05) is 19.7 Å². The molecule has 0 aliphatic carbocycles. The number of hydrogen-bond donors (Lipinski definition) is 0. The second-order valence-electron chi connectivity index (χ2n) is 4.60. The Hall–Kier alpha value is -0.0900. The van der Waals surface area contributed by atoms with Gasteiger partial charge < -0.3 is 9.64 Å². The van der Waals surface area contributed by atoms with Crippen LogP contribution >= 0.6 is 15.9 Å². The van der Waals surface area contributed by atoms with Crippen LogP contribution in [0, 0.1) is 5.92 Å². The largest absolute Gasteiger partial charge is 0.378 e. The number of carbonyl (C=O) groups is 1. The number of nitrogens with zero attached hydrogens (tertiary/aromatic N) is 1. The van der Waals surface area contributed by atoms with Crippen molar-refractivity contribution in [2.45, 2.75) is 37.1 Å². The van der Waals surface area contributed by atoms with Crippen molar-refractivity contribution in [3.63, 3.8) is 0 Å². The molecule has 0 aromatic carbocycles. The monoisotopic (exact) mass is 275 g/mol. The minimum atomic E-state index is 0.109. The number of likely N-dealkylation sites (tertiary alicyclic amines) is 1. The van der Waals surface area contributed by atoms with Gasteiger partial charge >= 0.3 is 0 Å². The zero-order valence-corrected chi connectivity index (χ0v) is 10.7. The smallest absolute Gasteiger partial charge is 0.228 e. The number of halogens is 1. The SMILES string of the molecule is CC1CC(C(=O)N2CCCC(Br)C2)CO1. The first-order valence-corrected chi connectivity index (χ1v) is 6.63. The van der Waals surface area contributed by atoms with E-state index in [4.69, 9.17) is 4.74 Å². The van der Waals surface area contributed by atoms with Gasteiger partial charge in [-0.05, 0) is 26.2 Å². The maximum absolute atomic E-state index is 12.1. The first kappa shape index (κ1) is 11.4. The maximum atomic E-state index is 12.1. The fourth-order valence-corrected chi connectivity index (χ4v) is 3.05. The Bertz CT molecular complexity index is 247. The fraction of sp³-hybridized carbons (Fsp3) is 0.909. The van der Waals surface area contributed by atoms with Crippen molar-refractivity contribution in [3.8, 4) is 0 Å². The van der Waals surface area contributed by atoms with Crippen LogP contribution in [0.25, 0.3) is 0 Å². The second-order valence-corrected chi connectivity index (χ2v) is 5.90. The highest BCUT2D eigenvalue weighted by Crippen LogP contribution is 2.24. The molecule has 2 fully saturated rings. The van der Waals surface area contributed by atoms with Crippen LogP contribution in [0.3, 0.4) is 0 Å². The third-order valence-corrected chi connectivity index (χ3v) is 3.97. The van der Waals surface area contributed by atoms with Crippen molar-refractivity contribution in [3.05, 3.63) is 0 Å². The van der Waals surface area contributed by atoms with Gasteiger partial charge in [0.25, 0.3) is 0 Å². The number of hydrogen-bond acceptors (Lipinski definition) is 2.